The lowest BCUT2D eigenvalue weighted by molar-refractivity contribution is -0.137. The van der Waals surface area contributed by atoms with Crippen LogP contribution in [-0.4, -0.2) is 35.1 Å². The number of carbonyl (C=O) groups excluding carboxylic acids is 2. The normalized spacial score (nSPS) is 17.6. The van der Waals surface area contributed by atoms with E-state index in [4.69, 9.17) is 4.74 Å². The van der Waals surface area contributed by atoms with Gasteiger partial charge in [0.15, 0.2) is 5.78 Å². The Morgan fingerprint density at radius 3 is 2.53 bits per heavy atom. The fourth-order valence-electron chi connectivity index (χ4n) is 4.30. The van der Waals surface area contributed by atoms with Crippen molar-refractivity contribution in [3.63, 3.8) is 0 Å². The molecule has 4 rings (SSSR count). The number of aromatic amines is 1. The molecule has 3 aromatic rings. The topological polar surface area (TPSA) is 96.1 Å². The Balaban J connectivity index is 1.32. The molecular formula is C26H27F3N4O3. The summed E-state index contributed by atoms with van der Waals surface area (Å²) in [6, 6.07) is 13.8. The molecule has 0 aliphatic carbocycles. The third-order valence-corrected chi connectivity index (χ3v) is 6.36. The van der Waals surface area contributed by atoms with Crippen LogP contribution in [0.25, 0.3) is 0 Å². The van der Waals surface area contributed by atoms with Gasteiger partial charge in [-0.15, -0.1) is 0 Å². The summed E-state index contributed by atoms with van der Waals surface area (Å²) in [4.78, 5) is 25.3. The maximum Gasteiger partial charge on any atom is 0.418 e. The van der Waals surface area contributed by atoms with Gasteiger partial charge < -0.3 is 15.4 Å². The molecule has 0 saturated carbocycles. The van der Waals surface area contributed by atoms with Gasteiger partial charge >= 0.3 is 6.18 Å². The van der Waals surface area contributed by atoms with Crippen LogP contribution in [0.2, 0.25) is 0 Å². The zero-order chi connectivity index (χ0) is 25.6. The lowest BCUT2D eigenvalue weighted by atomic mass is 9.80. The van der Waals surface area contributed by atoms with Gasteiger partial charge in [-0.2, -0.15) is 18.3 Å². The number of amides is 1. The van der Waals surface area contributed by atoms with Crippen LogP contribution in [0.3, 0.4) is 0 Å². The molecule has 1 aliphatic heterocycles. The number of H-pyrrole nitrogens is 1. The maximum atomic E-state index is 13.2. The summed E-state index contributed by atoms with van der Waals surface area (Å²) in [5.74, 6) is -0.177. The Morgan fingerprint density at radius 1 is 1.08 bits per heavy atom. The van der Waals surface area contributed by atoms with Crippen LogP contribution < -0.4 is 10.6 Å². The summed E-state index contributed by atoms with van der Waals surface area (Å²) in [6.45, 7) is 1.06. The van der Waals surface area contributed by atoms with Crippen LogP contribution in [0, 0.1) is 5.41 Å². The number of ketones is 1. The first kappa shape index (κ1) is 25.4. The fourth-order valence-corrected chi connectivity index (χ4v) is 4.30. The average Bonchev–Trinajstić information content (AvgIpc) is 3.56. The fraction of sp³-hybridized carbons (Fsp3) is 0.346. The molecule has 7 nitrogen and oxygen atoms in total. The molecule has 0 bridgehead atoms. The minimum atomic E-state index is -4.46. The lowest BCUT2D eigenvalue weighted by Gasteiger charge is -2.26. The van der Waals surface area contributed by atoms with Gasteiger partial charge in [-0.1, -0.05) is 24.3 Å². The largest absolute Gasteiger partial charge is 0.418 e. The number of hydrogen-bond acceptors (Lipinski definition) is 5. The van der Waals surface area contributed by atoms with E-state index in [-0.39, 0.29) is 23.9 Å². The zero-order valence-corrected chi connectivity index (χ0v) is 19.5. The number of nitrogens with zero attached hydrogens (tertiary/aromatic N) is 1. The molecule has 10 heteroatoms. The number of halogens is 3. The van der Waals surface area contributed by atoms with Gasteiger partial charge in [-0.3, -0.25) is 14.7 Å². The minimum Gasteiger partial charge on any atom is -0.380 e. The third kappa shape index (κ3) is 6.12. The number of Topliss-reactive ketones (excluding diaryl/α,β-unsaturated/α-hetero) is 1. The molecule has 2 heterocycles. The Kier molecular flexibility index (Phi) is 7.73. The molecule has 3 N–H and O–H groups in total. The number of anilines is 2. The second kappa shape index (κ2) is 10.9. The van der Waals surface area contributed by atoms with Crippen molar-refractivity contribution in [2.75, 3.05) is 18.5 Å². The van der Waals surface area contributed by atoms with Crippen LogP contribution in [0.1, 0.15) is 47.3 Å². The summed E-state index contributed by atoms with van der Waals surface area (Å²) in [5, 5.41) is 12.2. The van der Waals surface area contributed by atoms with Gasteiger partial charge in [-0.25, -0.2) is 0 Å². The van der Waals surface area contributed by atoms with E-state index in [2.05, 4.69) is 20.8 Å². The average molecular weight is 501 g/mol. The van der Waals surface area contributed by atoms with Gasteiger partial charge in [-0.05, 0) is 55.2 Å². The lowest BCUT2D eigenvalue weighted by Crippen LogP contribution is -2.41. The van der Waals surface area contributed by atoms with E-state index in [1.54, 1.807) is 30.3 Å². The van der Waals surface area contributed by atoms with Gasteiger partial charge in [0.1, 0.15) is 5.69 Å². The van der Waals surface area contributed by atoms with E-state index < -0.39 is 17.2 Å². The van der Waals surface area contributed by atoms with Crippen LogP contribution >= 0.6 is 0 Å². The molecule has 0 radical (unpaired) electrons. The van der Waals surface area contributed by atoms with E-state index in [1.807, 2.05) is 0 Å². The quantitative estimate of drug-likeness (QED) is 0.331. The zero-order valence-electron chi connectivity index (χ0n) is 19.5. The van der Waals surface area contributed by atoms with Crippen LogP contribution in [0.15, 0.2) is 60.8 Å². The van der Waals surface area contributed by atoms with Gasteiger partial charge in [0.25, 0.3) is 0 Å². The molecule has 1 aliphatic rings. The molecule has 1 amide bonds. The Hall–Kier alpha value is -3.66. The number of hydrogen-bond donors (Lipinski definition) is 3. The van der Waals surface area contributed by atoms with Crippen molar-refractivity contribution in [1.29, 1.82) is 0 Å². The highest BCUT2D eigenvalue weighted by molar-refractivity contribution is 5.94. The highest BCUT2D eigenvalue weighted by atomic mass is 19.4. The Morgan fingerprint density at radius 2 is 1.86 bits per heavy atom. The summed E-state index contributed by atoms with van der Waals surface area (Å²) in [5.41, 5.74) is 0.315. The highest BCUT2D eigenvalue weighted by Gasteiger charge is 2.41. The number of ether oxygens (including phenoxy) is 1. The number of alkyl halides is 3. The van der Waals surface area contributed by atoms with Crippen molar-refractivity contribution in [1.82, 2.24) is 15.5 Å². The van der Waals surface area contributed by atoms with Crippen molar-refractivity contribution < 1.29 is 27.5 Å². The van der Waals surface area contributed by atoms with E-state index in [0.29, 0.717) is 50.3 Å². The van der Waals surface area contributed by atoms with E-state index in [0.717, 1.165) is 11.6 Å². The molecule has 0 unspecified atom stereocenters. The predicted octanol–water partition coefficient (Wildman–Crippen LogP) is 5.25. The number of nitrogens with one attached hydrogen (secondary N) is 3. The molecule has 1 fully saturated rings. The van der Waals surface area contributed by atoms with E-state index in [9.17, 15) is 22.8 Å². The SMILES string of the molecule is O=C(CCC[C@@]1(C(=O)NCc2ccc(Nc3ccccc3C(F)(F)F)cc2)CCOC1)c1ccn[nH]1. The number of rotatable bonds is 10. The highest BCUT2D eigenvalue weighted by Crippen LogP contribution is 2.36. The van der Waals surface area contributed by atoms with Gasteiger partial charge in [0.05, 0.1) is 23.3 Å². The number of aromatic nitrogens is 2. The first-order chi connectivity index (χ1) is 17.3. The van der Waals surface area contributed by atoms with Crippen LogP contribution in [-0.2, 0) is 22.3 Å². The number of para-hydroxylation sites is 1. The summed E-state index contributed by atoms with van der Waals surface area (Å²) < 4.78 is 45.2. The van der Waals surface area contributed by atoms with Crippen molar-refractivity contribution in [2.45, 2.75) is 38.4 Å². The minimum absolute atomic E-state index is 0.0276. The predicted molar refractivity (Wildman–Crippen MR) is 128 cm³/mol. The molecular weight excluding hydrogens is 473 g/mol. The van der Waals surface area contributed by atoms with Crippen LogP contribution in [0.4, 0.5) is 24.5 Å². The smallest absolute Gasteiger partial charge is 0.380 e. The standard InChI is InChI=1S/C26H27F3N4O3/c27-26(28,29)20-4-1-2-5-21(20)32-19-9-7-18(8-10-19)16-30-24(35)25(13-15-36-17-25)12-3-6-23(34)22-11-14-31-33-22/h1-2,4-5,7-11,14,32H,3,6,12-13,15-17H2,(H,30,35)(H,31,33)/t25-/m1/s1. The molecule has 2 aromatic carbocycles. The van der Waals surface area contributed by atoms with Crippen molar-refractivity contribution in [2.24, 2.45) is 5.41 Å². The second-order valence-corrected chi connectivity index (χ2v) is 8.88. The van der Waals surface area contributed by atoms with E-state index in [1.165, 1.54) is 24.4 Å². The molecule has 1 aromatic heterocycles. The number of carbonyl (C=O) groups is 2. The molecule has 190 valence electrons. The van der Waals surface area contributed by atoms with Crippen molar-refractivity contribution in [3.8, 4) is 0 Å². The van der Waals surface area contributed by atoms with E-state index >= 15 is 0 Å². The molecule has 1 atom stereocenters. The van der Waals surface area contributed by atoms with Crippen molar-refractivity contribution in [3.05, 3.63) is 77.6 Å². The Bertz CT molecular complexity index is 1170. The first-order valence-corrected chi connectivity index (χ1v) is 11.7. The van der Waals surface area contributed by atoms with Crippen LogP contribution in [0.5, 0.6) is 0 Å². The molecule has 1 saturated heterocycles. The number of benzene rings is 2. The Labute approximate surface area is 206 Å². The summed E-state index contributed by atoms with van der Waals surface area (Å²) >= 11 is 0. The summed E-state index contributed by atoms with van der Waals surface area (Å²) in [7, 11) is 0. The molecule has 36 heavy (non-hydrogen) atoms. The van der Waals surface area contributed by atoms with Gasteiger partial charge in [0, 0.05) is 31.5 Å². The first-order valence-electron chi connectivity index (χ1n) is 11.7. The monoisotopic (exact) mass is 500 g/mol. The van der Waals surface area contributed by atoms with Crippen molar-refractivity contribution >= 4 is 23.1 Å². The maximum absolute atomic E-state index is 13.2. The summed E-state index contributed by atoms with van der Waals surface area (Å²) in [6.07, 6.45) is -0.965. The van der Waals surface area contributed by atoms with Gasteiger partial charge in [0.2, 0.25) is 5.91 Å². The third-order valence-electron chi connectivity index (χ3n) is 6.36. The molecule has 0 spiro atoms. The second-order valence-electron chi connectivity index (χ2n) is 8.88.